The Hall–Kier alpha value is -0.950. The van der Waals surface area contributed by atoms with Gasteiger partial charge in [-0.1, -0.05) is 0 Å². The van der Waals surface area contributed by atoms with Gasteiger partial charge in [0.1, 0.15) is 12.1 Å². The topological polar surface area (TPSA) is 9.23 Å². The van der Waals surface area contributed by atoms with Gasteiger partial charge in [0, 0.05) is 0 Å². The Labute approximate surface area is 80.5 Å². The molecule has 0 amide bonds. The third-order valence-electron chi connectivity index (χ3n) is 1.54. The fourth-order valence-corrected chi connectivity index (χ4v) is 0.493. The van der Waals surface area contributed by atoms with E-state index in [9.17, 15) is 30.7 Å². The van der Waals surface area contributed by atoms with E-state index in [-0.39, 0.29) is 13.2 Å². The molecule has 0 fully saturated rings. The van der Waals surface area contributed by atoms with Gasteiger partial charge in [0.15, 0.2) is 0 Å². The first-order valence-electron chi connectivity index (χ1n) is 3.55. The van der Waals surface area contributed by atoms with Gasteiger partial charge in [0.2, 0.25) is 0 Å². The van der Waals surface area contributed by atoms with Gasteiger partial charge >= 0.3 is 12.4 Å². The van der Waals surface area contributed by atoms with E-state index in [2.05, 4.69) is 4.74 Å². The molecule has 0 aromatic rings. The highest BCUT2D eigenvalue weighted by Gasteiger charge is 2.70. The molecule has 1 nitrogen and oxygen atoms in total. The summed E-state index contributed by atoms with van der Waals surface area (Å²) in [4.78, 5) is 0. The summed E-state index contributed by atoms with van der Waals surface area (Å²) in [6.07, 6.45) is -11.6. The molecule has 0 aliphatic carbocycles. The minimum atomic E-state index is -5.68. The summed E-state index contributed by atoms with van der Waals surface area (Å²) in [7, 11) is 0. The molecule has 8 heteroatoms. The quantitative estimate of drug-likeness (QED) is 0.528. The van der Waals surface area contributed by atoms with Crippen LogP contribution in [0.4, 0.5) is 30.7 Å². The number of hydrogen-bond donors (Lipinski definition) is 0. The maximum atomic E-state index is 12.1. The van der Waals surface area contributed by atoms with E-state index in [1.54, 1.807) is 0 Å². The van der Waals surface area contributed by atoms with Crippen LogP contribution in [0, 0.1) is 0 Å². The molecule has 0 aromatic heterocycles. The summed E-state index contributed by atoms with van der Waals surface area (Å²) in [5.74, 6) is -1.30. The summed E-state index contributed by atoms with van der Waals surface area (Å²) in [6.45, 7) is 0.444. The zero-order chi connectivity index (χ0) is 12.5. The van der Waals surface area contributed by atoms with Crippen LogP contribution in [0.5, 0.6) is 0 Å². The van der Waals surface area contributed by atoms with E-state index in [4.69, 9.17) is 0 Å². The van der Waals surface area contributed by atoms with Crippen molar-refractivity contribution in [3.63, 3.8) is 0 Å². The largest absolute Gasteiger partial charge is 0.474 e. The Kier molecular flexibility index (Phi) is 3.65. The van der Waals surface area contributed by atoms with E-state index in [1.165, 1.54) is 0 Å². The number of halogens is 7. The Balaban J connectivity index is 5.16. The van der Waals surface area contributed by atoms with Crippen molar-refractivity contribution >= 4 is 0 Å². The van der Waals surface area contributed by atoms with E-state index >= 15 is 0 Å². The highest BCUT2D eigenvalue weighted by molar-refractivity contribution is 4.95. The molecule has 0 unspecified atom stereocenters. The maximum Gasteiger partial charge on any atom is 0.437 e. The average molecular weight is 240 g/mol. The third kappa shape index (κ3) is 3.00. The molecule has 15 heavy (non-hydrogen) atoms. The average Bonchev–Trinajstić information content (AvgIpc) is 1.95. The SMILES string of the molecule is C/C(F)=C/OC(C)(C(F)(F)F)C(F)(F)F. The summed E-state index contributed by atoms with van der Waals surface area (Å²) >= 11 is 0. The highest BCUT2D eigenvalue weighted by Crippen LogP contribution is 2.45. The number of hydrogen-bond acceptors (Lipinski definition) is 1. The van der Waals surface area contributed by atoms with Crippen LogP contribution in [0.1, 0.15) is 13.8 Å². The summed E-state index contributed by atoms with van der Waals surface area (Å²) < 4.78 is 87.8. The molecule has 0 atom stereocenters. The smallest absolute Gasteiger partial charge is 0.437 e. The number of ether oxygens (including phenoxy) is 1. The van der Waals surface area contributed by atoms with Gasteiger partial charge in [-0.3, -0.25) is 0 Å². The van der Waals surface area contributed by atoms with Gasteiger partial charge < -0.3 is 4.74 Å². The molecule has 0 N–H and O–H groups in total. The lowest BCUT2D eigenvalue weighted by Gasteiger charge is -2.32. The third-order valence-corrected chi connectivity index (χ3v) is 1.54. The summed E-state index contributed by atoms with van der Waals surface area (Å²) in [6, 6.07) is 0. The van der Waals surface area contributed by atoms with Crippen LogP contribution in [-0.2, 0) is 4.74 Å². The Bertz CT molecular complexity index is 231. The highest BCUT2D eigenvalue weighted by atomic mass is 19.4. The summed E-state index contributed by atoms with van der Waals surface area (Å²) in [5.41, 5.74) is -4.41. The fourth-order valence-electron chi connectivity index (χ4n) is 0.493. The molecule has 0 aliphatic rings. The lowest BCUT2D eigenvalue weighted by molar-refractivity contribution is -0.361. The fraction of sp³-hybridized carbons (Fsp3) is 0.714. The minimum absolute atomic E-state index is 0.216. The van der Waals surface area contributed by atoms with Crippen LogP contribution in [0.15, 0.2) is 12.1 Å². The molecule has 0 heterocycles. The van der Waals surface area contributed by atoms with Crippen LogP contribution in [0.3, 0.4) is 0 Å². The minimum Gasteiger partial charge on any atom is -0.474 e. The zero-order valence-electron chi connectivity index (χ0n) is 7.63. The van der Waals surface area contributed by atoms with Gasteiger partial charge in [0.05, 0.1) is 0 Å². The molecule has 0 saturated heterocycles. The molecule has 90 valence electrons. The van der Waals surface area contributed by atoms with Crippen molar-refractivity contribution in [3.05, 3.63) is 12.1 Å². The predicted octanol–water partition coefficient (Wildman–Crippen LogP) is 3.72. The molecule has 0 bridgehead atoms. The van der Waals surface area contributed by atoms with Crippen molar-refractivity contribution in [3.8, 4) is 0 Å². The second kappa shape index (κ2) is 3.90. The number of allylic oxidation sites excluding steroid dienone is 1. The molecular formula is C7H7F7O. The maximum absolute atomic E-state index is 12.1. The van der Waals surface area contributed by atoms with Crippen molar-refractivity contribution < 1.29 is 35.5 Å². The number of rotatable bonds is 2. The van der Waals surface area contributed by atoms with E-state index in [1.807, 2.05) is 0 Å². The van der Waals surface area contributed by atoms with Crippen molar-refractivity contribution in [1.29, 1.82) is 0 Å². The van der Waals surface area contributed by atoms with Gasteiger partial charge in [-0.15, -0.1) is 0 Å². The second-order valence-corrected chi connectivity index (χ2v) is 2.85. The normalized spacial score (nSPS) is 15.4. The van der Waals surface area contributed by atoms with Crippen molar-refractivity contribution in [2.75, 3.05) is 0 Å². The number of alkyl halides is 6. The van der Waals surface area contributed by atoms with E-state index in [0.717, 1.165) is 0 Å². The lowest BCUT2D eigenvalue weighted by atomic mass is 10.1. The monoisotopic (exact) mass is 240 g/mol. The first-order chi connectivity index (χ1) is 6.42. The van der Waals surface area contributed by atoms with Gasteiger partial charge in [-0.05, 0) is 13.8 Å². The predicted molar refractivity (Wildman–Crippen MR) is 36.5 cm³/mol. The van der Waals surface area contributed by atoms with Gasteiger partial charge in [0.25, 0.3) is 5.60 Å². The van der Waals surface area contributed by atoms with Crippen LogP contribution in [0.25, 0.3) is 0 Å². The van der Waals surface area contributed by atoms with E-state index in [0.29, 0.717) is 6.92 Å². The molecule has 0 aliphatic heterocycles. The first-order valence-corrected chi connectivity index (χ1v) is 3.55. The molecule has 0 radical (unpaired) electrons. The Morgan fingerprint density at radius 3 is 1.53 bits per heavy atom. The van der Waals surface area contributed by atoms with Gasteiger partial charge in [-0.2, -0.15) is 26.3 Å². The van der Waals surface area contributed by atoms with Gasteiger partial charge in [-0.25, -0.2) is 4.39 Å². The zero-order valence-corrected chi connectivity index (χ0v) is 7.63. The van der Waals surface area contributed by atoms with Crippen molar-refractivity contribution in [2.45, 2.75) is 31.8 Å². The van der Waals surface area contributed by atoms with Crippen molar-refractivity contribution in [2.24, 2.45) is 0 Å². The molecule has 0 rings (SSSR count). The van der Waals surface area contributed by atoms with Crippen LogP contribution in [-0.4, -0.2) is 18.0 Å². The first kappa shape index (κ1) is 14.0. The lowest BCUT2D eigenvalue weighted by Crippen LogP contribution is -2.55. The van der Waals surface area contributed by atoms with Crippen LogP contribution in [0.2, 0.25) is 0 Å². The second-order valence-electron chi connectivity index (χ2n) is 2.85. The van der Waals surface area contributed by atoms with E-state index < -0.39 is 23.8 Å². The Morgan fingerprint density at radius 1 is 1.00 bits per heavy atom. The van der Waals surface area contributed by atoms with Crippen LogP contribution < -0.4 is 0 Å². The standard InChI is InChI=1S/C7H7F7O/c1-4(8)3-15-5(2,6(9,10)11)7(12,13)14/h3H,1-2H3/b4-3-. The molecular weight excluding hydrogens is 233 g/mol. The Morgan fingerprint density at radius 2 is 1.33 bits per heavy atom. The molecule has 0 aromatic carbocycles. The summed E-state index contributed by atoms with van der Waals surface area (Å²) in [5, 5.41) is 0. The van der Waals surface area contributed by atoms with Crippen molar-refractivity contribution in [1.82, 2.24) is 0 Å². The molecule has 0 spiro atoms. The molecule has 0 saturated carbocycles. The van der Waals surface area contributed by atoms with Crippen LogP contribution >= 0.6 is 0 Å².